The number of rotatable bonds is 2. The van der Waals surface area contributed by atoms with Gasteiger partial charge in [-0.25, -0.2) is 15.0 Å². The molecule has 0 saturated heterocycles. The third-order valence-electron chi connectivity index (χ3n) is 3.38. The summed E-state index contributed by atoms with van der Waals surface area (Å²) in [4.78, 5) is 18.2. The van der Waals surface area contributed by atoms with E-state index >= 15 is 0 Å². The Bertz CT molecular complexity index is 879. The lowest BCUT2D eigenvalue weighted by Crippen LogP contribution is -2.19. The summed E-state index contributed by atoms with van der Waals surface area (Å²) >= 11 is 1.50. The van der Waals surface area contributed by atoms with Gasteiger partial charge in [0.2, 0.25) is 5.88 Å². The van der Waals surface area contributed by atoms with Crippen LogP contribution < -0.4 is 4.74 Å². The molecule has 3 aromatic rings. The molecule has 8 heteroatoms. The Morgan fingerprint density at radius 2 is 2.17 bits per heavy atom. The Morgan fingerprint density at radius 3 is 3.00 bits per heavy atom. The van der Waals surface area contributed by atoms with Crippen molar-refractivity contribution < 1.29 is 9.94 Å². The first kappa shape index (κ1) is 13.8. The lowest BCUT2D eigenvalue weighted by atomic mass is 10.1. The molecule has 1 N–H and O–H groups in total. The number of thiazole rings is 1. The van der Waals surface area contributed by atoms with Crippen LogP contribution in [0.2, 0.25) is 0 Å². The van der Waals surface area contributed by atoms with Crippen LogP contribution in [0.1, 0.15) is 12.1 Å². The highest BCUT2D eigenvalue weighted by Crippen LogP contribution is 2.32. The maximum Gasteiger partial charge on any atom is 0.242 e. The monoisotopic (exact) mass is 325 g/mol. The molecule has 0 saturated carbocycles. The number of oxime groups is 1. The molecular weight excluding hydrogens is 314 g/mol. The minimum atomic E-state index is 0.393. The molecule has 7 nitrogen and oxygen atoms in total. The highest BCUT2D eigenvalue weighted by Gasteiger charge is 2.22. The second-order valence-corrected chi connectivity index (χ2v) is 5.86. The number of pyridine rings is 1. The van der Waals surface area contributed by atoms with Gasteiger partial charge in [0.15, 0.2) is 5.69 Å². The van der Waals surface area contributed by atoms with Crippen LogP contribution >= 0.6 is 11.3 Å². The molecule has 1 aliphatic heterocycles. The van der Waals surface area contributed by atoms with Crippen molar-refractivity contribution in [3.05, 3.63) is 42.6 Å². The first-order valence-corrected chi connectivity index (χ1v) is 7.74. The van der Waals surface area contributed by atoms with E-state index in [-0.39, 0.29) is 0 Å². The summed E-state index contributed by atoms with van der Waals surface area (Å²) in [7, 11) is 0. The molecule has 23 heavy (non-hydrogen) atoms. The van der Waals surface area contributed by atoms with Crippen molar-refractivity contribution in [2.45, 2.75) is 6.42 Å². The fourth-order valence-electron chi connectivity index (χ4n) is 2.27. The first-order chi connectivity index (χ1) is 11.3. The Hall–Kier alpha value is -2.87. The van der Waals surface area contributed by atoms with Crippen LogP contribution in [0.25, 0.3) is 21.1 Å². The van der Waals surface area contributed by atoms with E-state index in [1.807, 2.05) is 12.1 Å². The average molecular weight is 325 g/mol. The van der Waals surface area contributed by atoms with E-state index in [0.717, 1.165) is 15.4 Å². The summed E-state index contributed by atoms with van der Waals surface area (Å²) in [6, 6.07) is 3.83. The topological polar surface area (TPSA) is 93.4 Å². The molecule has 0 radical (unpaired) electrons. The number of fused-ring (bicyclic) bond motifs is 1. The summed E-state index contributed by atoms with van der Waals surface area (Å²) in [5.41, 5.74) is 2.59. The standard InChI is InChI=1S/C15H11N5O2S/c21-20-10-3-5-22-14-13(10)19-11(7-17-14)12-8-18-15(23-12)9-2-1-4-16-6-9/h1-2,4,6-8,21H,3,5H2/b20-10+. The van der Waals surface area contributed by atoms with E-state index in [1.165, 1.54) is 11.3 Å². The number of nitrogens with zero attached hydrogens (tertiary/aromatic N) is 5. The van der Waals surface area contributed by atoms with Crippen LogP contribution in [0.5, 0.6) is 5.88 Å². The fourth-order valence-corrected chi connectivity index (χ4v) is 3.13. The van der Waals surface area contributed by atoms with Crippen molar-refractivity contribution in [3.8, 4) is 27.0 Å². The van der Waals surface area contributed by atoms with E-state index < -0.39 is 0 Å². The zero-order valence-electron chi connectivity index (χ0n) is 11.9. The van der Waals surface area contributed by atoms with E-state index in [1.54, 1.807) is 24.8 Å². The van der Waals surface area contributed by atoms with E-state index in [9.17, 15) is 0 Å². The third kappa shape index (κ3) is 2.53. The number of aromatic nitrogens is 4. The predicted octanol–water partition coefficient (Wildman–Crippen LogP) is 2.62. The largest absolute Gasteiger partial charge is 0.476 e. The molecule has 0 atom stereocenters. The Balaban J connectivity index is 1.73. The highest BCUT2D eigenvalue weighted by molar-refractivity contribution is 7.18. The molecule has 0 amide bonds. The number of ether oxygens (including phenoxy) is 1. The van der Waals surface area contributed by atoms with Gasteiger partial charge >= 0.3 is 0 Å². The van der Waals surface area contributed by atoms with E-state index in [2.05, 4.69) is 25.1 Å². The van der Waals surface area contributed by atoms with Gasteiger partial charge in [0.05, 0.1) is 17.7 Å². The van der Waals surface area contributed by atoms with Crippen LogP contribution in [0.15, 0.2) is 42.1 Å². The molecule has 0 fully saturated rings. The second kappa shape index (κ2) is 5.73. The highest BCUT2D eigenvalue weighted by atomic mass is 32.1. The normalized spacial score (nSPS) is 15.2. The van der Waals surface area contributed by atoms with Crippen LogP contribution in [-0.2, 0) is 0 Å². The van der Waals surface area contributed by atoms with Crippen LogP contribution in [0.4, 0.5) is 0 Å². The fraction of sp³-hybridized carbons (Fsp3) is 0.133. The zero-order chi connectivity index (χ0) is 15.6. The Morgan fingerprint density at radius 1 is 1.22 bits per heavy atom. The summed E-state index contributed by atoms with van der Waals surface area (Å²) in [6.07, 6.45) is 7.39. The molecule has 1 aliphatic rings. The molecule has 0 aliphatic carbocycles. The van der Waals surface area contributed by atoms with Crippen LogP contribution in [0, 0.1) is 0 Å². The van der Waals surface area contributed by atoms with Gasteiger partial charge in [0.1, 0.15) is 16.4 Å². The molecule has 3 aromatic heterocycles. The second-order valence-electron chi connectivity index (χ2n) is 4.83. The van der Waals surface area contributed by atoms with Crippen molar-refractivity contribution >= 4 is 17.0 Å². The zero-order valence-corrected chi connectivity index (χ0v) is 12.7. The van der Waals surface area contributed by atoms with Crippen molar-refractivity contribution in [1.82, 2.24) is 19.9 Å². The maximum absolute atomic E-state index is 9.10. The van der Waals surface area contributed by atoms with Gasteiger partial charge in [-0.15, -0.1) is 11.3 Å². The quantitative estimate of drug-likeness (QED) is 0.575. The van der Waals surface area contributed by atoms with Crippen molar-refractivity contribution in [2.24, 2.45) is 5.16 Å². The lowest BCUT2D eigenvalue weighted by Gasteiger charge is -2.16. The van der Waals surface area contributed by atoms with Crippen molar-refractivity contribution in [3.63, 3.8) is 0 Å². The van der Waals surface area contributed by atoms with Gasteiger partial charge in [0.25, 0.3) is 0 Å². The molecule has 0 bridgehead atoms. The SMILES string of the molecule is O/N=C1\CCOc2ncc(-c3cnc(-c4cccnc4)s3)nc21. The number of hydrogen-bond donors (Lipinski definition) is 1. The predicted molar refractivity (Wildman–Crippen MR) is 84.8 cm³/mol. The number of hydrogen-bond acceptors (Lipinski definition) is 8. The summed E-state index contributed by atoms with van der Waals surface area (Å²) in [5.74, 6) is 0.393. The summed E-state index contributed by atoms with van der Waals surface area (Å²) in [6.45, 7) is 0.437. The minimum absolute atomic E-state index is 0.393. The van der Waals surface area contributed by atoms with Crippen LogP contribution in [0.3, 0.4) is 0 Å². The van der Waals surface area contributed by atoms with Gasteiger partial charge in [-0.05, 0) is 12.1 Å². The minimum Gasteiger partial charge on any atom is -0.476 e. The van der Waals surface area contributed by atoms with Gasteiger partial charge < -0.3 is 9.94 Å². The molecule has 4 heterocycles. The third-order valence-corrected chi connectivity index (χ3v) is 4.45. The van der Waals surface area contributed by atoms with Crippen molar-refractivity contribution in [1.29, 1.82) is 0 Å². The Kier molecular flexibility index (Phi) is 3.43. The molecule has 0 spiro atoms. The van der Waals surface area contributed by atoms with Crippen molar-refractivity contribution in [2.75, 3.05) is 6.61 Å². The first-order valence-electron chi connectivity index (χ1n) is 6.93. The van der Waals surface area contributed by atoms with E-state index in [4.69, 9.17) is 9.94 Å². The molecule has 114 valence electrons. The Labute approximate surface area is 135 Å². The molecule has 0 unspecified atom stereocenters. The summed E-state index contributed by atoms with van der Waals surface area (Å²) < 4.78 is 5.43. The molecule has 0 aromatic carbocycles. The van der Waals surface area contributed by atoms with Gasteiger partial charge in [-0.3, -0.25) is 4.98 Å². The van der Waals surface area contributed by atoms with E-state index in [0.29, 0.717) is 36.0 Å². The average Bonchev–Trinajstić information content (AvgIpc) is 3.11. The van der Waals surface area contributed by atoms with Gasteiger partial charge in [-0.1, -0.05) is 5.16 Å². The smallest absolute Gasteiger partial charge is 0.242 e. The summed E-state index contributed by atoms with van der Waals surface area (Å²) in [5, 5.41) is 13.3. The van der Waals surface area contributed by atoms with Crippen LogP contribution in [-0.4, -0.2) is 37.5 Å². The van der Waals surface area contributed by atoms with Gasteiger partial charge in [0, 0.05) is 30.6 Å². The maximum atomic E-state index is 9.10. The molecule has 4 rings (SSSR count). The van der Waals surface area contributed by atoms with Gasteiger partial charge in [-0.2, -0.15) is 0 Å². The lowest BCUT2D eigenvalue weighted by molar-refractivity contribution is 0.289. The molecular formula is C15H11N5O2S.